The number of hydrogen-bond acceptors (Lipinski definition) is 1. The summed E-state index contributed by atoms with van der Waals surface area (Å²) in [7, 11) is -2.61. The zero-order valence-electron chi connectivity index (χ0n) is 35.1. The van der Waals surface area contributed by atoms with Crippen LogP contribution in [0.15, 0.2) is 279 Å². The van der Waals surface area contributed by atoms with E-state index in [0.29, 0.717) is 0 Å². The van der Waals surface area contributed by atoms with E-state index in [4.69, 9.17) is 0 Å². The predicted octanol–water partition coefficient (Wildman–Crippen LogP) is 12.1. The predicted molar refractivity (Wildman–Crippen MR) is 267 cm³/mol. The molecule has 11 rings (SSSR count). The van der Waals surface area contributed by atoms with Crippen molar-refractivity contribution in [1.29, 1.82) is 0 Å². The monoisotopic (exact) mass is 821 g/mol. The SMILES string of the molecule is C1=CC2c3ccccc3C(c3ccccc3)(c3ccccc3)C2C=C1N(c1ccccc1)c1ccc(-c2ccc([Si](c3ccccc3)(c3ccccc3)c3ccccc3)cc2)cc1. The van der Waals surface area contributed by atoms with Crippen molar-refractivity contribution in [3.8, 4) is 11.1 Å². The second kappa shape index (κ2) is 16.4. The van der Waals surface area contributed by atoms with Gasteiger partial charge < -0.3 is 4.90 Å². The Bertz CT molecular complexity index is 2880. The summed E-state index contributed by atoms with van der Waals surface area (Å²) in [5, 5.41) is 5.50. The molecule has 2 atom stereocenters. The summed E-state index contributed by atoms with van der Waals surface area (Å²) < 4.78 is 0. The highest BCUT2D eigenvalue weighted by Crippen LogP contribution is 2.60. The Morgan fingerprint density at radius 1 is 0.365 bits per heavy atom. The minimum absolute atomic E-state index is 0.155. The van der Waals surface area contributed by atoms with Crippen molar-refractivity contribution in [2.24, 2.45) is 5.92 Å². The van der Waals surface area contributed by atoms with Gasteiger partial charge in [-0.1, -0.05) is 243 Å². The molecule has 2 aliphatic carbocycles. The number of anilines is 2. The normalized spacial score (nSPS) is 16.1. The molecule has 0 N–H and O–H groups in total. The van der Waals surface area contributed by atoms with Crippen molar-refractivity contribution in [1.82, 2.24) is 0 Å². The van der Waals surface area contributed by atoms with E-state index in [1.165, 1.54) is 59.8 Å². The highest BCUT2D eigenvalue weighted by molar-refractivity contribution is 7.19. The molecule has 2 aliphatic rings. The smallest absolute Gasteiger partial charge is 0.179 e. The molecular formula is C61H47NSi. The molecule has 2 heteroatoms. The lowest BCUT2D eigenvalue weighted by Crippen LogP contribution is -2.74. The van der Waals surface area contributed by atoms with Crippen molar-refractivity contribution < 1.29 is 0 Å². The molecule has 0 amide bonds. The van der Waals surface area contributed by atoms with Crippen LogP contribution in [-0.2, 0) is 5.41 Å². The lowest BCUT2D eigenvalue weighted by atomic mass is 9.63. The van der Waals surface area contributed by atoms with Crippen LogP contribution in [0, 0.1) is 5.92 Å². The molecule has 0 fully saturated rings. The van der Waals surface area contributed by atoms with Crippen LogP contribution in [0.3, 0.4) is 0 Å². The summed E-state index contributed by atoms with van der Waals surface area (Å²) in [6.45, 7) is 0. The van der Waals surface area contributed by atoms with E-state index in [0.717, 1.165) is 11.4 Å². The summed E-state index contributed by atoms with van der Waals surface area (Å²) in [5.74, 6) is 0.392. The molecule has 2 unspecified atom stereocenters. The van der Waals surface area contributed by atoms with Crippen LogP contribution in [0.5, 0.6) is 0 Å². The average Bonchev–Trinajstić information content (AvgIpc) is 3.67. The zero-order chi connectivity index (χ0) is 42.1. The van der Waals surface area contributed by atoms with Crippen LogP contribution in [0.2, 0.25) is 0 Å². The van der Waals surface area contributed by atoms with Crippen LogP contribution in [0.25, 0.3) is 11.1 Å². The second-order valence-corrected chi connectivity index (χ2v) is 20.6. The topological polar surface area (TPSA) is 3.24 Å². The van der Waals surface area contributed by atoms with E-state index >= 15 is 0 Å². The van der Waals surface area contributed by atoms with Gasteiger partial charge in [0.15, 0.2) is 8.07 Å². The van der Waals surface area contributed by atoms with Gasteiger partial charge in [0.2, 0.25) is 0 Å². The zero-order valence-corrected chi connectivity index (χ0v) is 36.1. The molecule has 0 bridgehead atoms. The van der Waals surface area contributed by atoms with Gasteiger partial charge in [0, 0.05) is 28.9 Å². The van der Waals surface area contributed by atoms with Crippen LogP contribution >= 0.6 is 0 Å². The first kappa shape index (κ1) is 38.4. The largest absolute Gasteiger partial charge is 0.311 e. The van der Waals surface area contributed by atoms with Gasteiger partial charge >= 0.3 is 0 Å². The van der Waals surface area contributed by atoms with Gasteiger partial charge in [-0.05, 0) is 84.5 Å². The summed E-state index contributed by atoms with van der Waals surface area (Å²) in [6.07, 6.45) is 7.38. The fraction of sp³-hybridized carbons (Fsp3) is 0.0492. The van der Waals surface area contributed by atoms with E-state index in [-0.39, 0.29) is 17.3 Å². The van der Waals surface area contributed by atoms with Crippen molar-refractivity contribution in [2.75, 3.05) is 4.90 Å². The summed E-state index contributed by atoms with van der Waals surface area (Å²) in [4.78, 5) is 2.43. The first-order valence-corrected chi connectivity index (χ1v) is 24.1. The maximum absolute atomic E-state index is 2.61. The molecule has 0 spiro atoms. The highest BCUT2D eigenvalue weighted by Gasteiger charge is 2.53. The third kappa shape index (κ3) is 6.45. The number of nitrogens with zero attached hydrogens (tertiary/aromatic N) is 1. The Balaban J connectivity index is 0.997. The van der Waals surface area contributed by atoms with Crippen LogP contribution in [-0.4, -0.2) is 8.07 Å². The Morgan fingerprint density at radius 3 is 1.27 bits per heavy atom. The summed E-state index contributed by atoms with van der Waals surface area (Å²) in [6, 6.07) is 94.3. The number of para-hydroxylation sites is 1. The first-order valence-electron chi connectivity index (χ1n) is 22.1. The second-order valence-electron chi connectivity index (χ2n) is 16.8. The summed E-state index contributed by atoms with van der Waals surface area (Å²) >= 11 is 0. The van der Waals surface area contributed by atoms with E-state index in [1.807, 2.05) is 0 Å². The number of fused-ring (bicyclic) bond motifs is 3. The third-order valence-electron chi connectivity index (χ3n) is 13.6. The van der Waals surface area contributed by atoms with Crippen molar-refractivity contribution in [3.63, 3.8) is 0 Å². The maximum atomic E-state index is 2.56. The number of benzene rings is 9. The van der Waals surface area contributed by atoms with Gasteiger partial charge in [-0.3, -0.25) is 0 Å². The third-order valence-corrected chi connectivity index (χ3v) is 18.4. The lowest BCUT2D eigenvalue weighted by Gasteiger charge is -2.40. The molecule has 9 aromatic carbocycles. The van der Waals surface area contributed by atoms with Crippen molar-refractivity contribution in [2.45, 2.75) is 11.3 Å². The van der Waals surface area contributed by atoms with Gasteiger partial charge in [-0.2, -0.15) is 0 Å². The van der Waals surface area contributed by atoms with Crippen molar-refractivity contribution in [3.05, 3.63) is 301 Å². The standard InChI is InChI=1S/C61H47NSi/c1-7-21-48(22-8-1)61(49-23-9-2-10-24-49)59-34-20-19-33-57(59)58-44-41-52(45-60(58)61)62(50-25-11-3-12-26-50)51-39-35-46(36-40-51)47-37-42-56(43-38-47)63(53-27-13-4-14-28-53,54-29-15-5-16-30-54)55-31-17-6-18-32-55/h1-45,58,60H. The molecule has 300 valence electrons. The van der Waals surface area contributed by atoms with E-state index in [2.05, 4.69) is 278 Å². The Morgan fingerprint density at radius 2 is 0.762 bits per heavy atom. The van der Waals surface area contributed by atoms with Crippen LogP contribution in [0.1, 0.15) is 28.2 Å². The molecule has 0 heterocycles. The van der Waals surface area contributed by atoms with E-state index in [1.54, 1.807) is 0 Å². The van der Waals surface area contributed by atoms with Gasteiger partial charge in [0.05, 0.1) is 5.41 Å². The van der Waals surface area contributed by atoms with Crippen molar-refractivity contribution >= 4 is 40.2 Å². The first-order chi connectivity index (χ1) is 31.3. The maximum Gasteiger partial charge on any atom is 0.179 e. The minimum Gasteiger partial charge on any atom is -0.311 e. The molecule has 1 nitrogen and oxygen atoms in total. The molecule has 9 aromatic rings. The highest BCUT2D eigenvalue weighted by atomic mass is 28.3. The van der Waals surface area contributed by atoms with Gasteiger partial charge in [-0.25, -0.2) is 0 Å². The molecule has 0 saturated heterocycles. The fourth-order valence-electron chi connectivity index (χ4n) is 10.9. The van der Waals surface area contributed by atoms with E-state index in [9.17, 15) is 0 Å². The molecule has 0 aliphatic heterocycles. The fourth-order valence-corrected chi connectivity index (χ4v) is 15.6. The number of rotatable bonds is 10. The van der Waals surface area contributed by atoms with Gasteiger partial charge in [0.1, 0.15) is 0 Å². The molecular weight excluding hydrogens is 775 g/mol. The Hall–Kier alpha value is -7.52. The molecule has 63 heavy (non-hydrogen) atoms. The molecule has 0 radical (unpaired) electrons. The van der Waals surface area contributed by atoms with Gasteiger partial charge in [-0.15, -0.1) is 0 Å². The van der Waals surface area contributed by atoms with Crippen LogP contribution < -0.4 is 25.6 Å². The lowest BCUT2D eigenvalue weighted by molar-refractivity contribution is 0.453. The number of allylic oxidation sites excluding steroid dienone is 3. The Labute approximate surface area is 372 Å². The minimum atomic E-state index is -2.61. The van der Waals surface area contributed by atoms with E-state index < -0.39 is 8.07 Å². The summed E-state index contributed by atoms with van der Waals surface area (Å²) in [5.41, 5.74) is 10.9. The van der Waals surface area contributed by atoms with Crippen LogP contribution in [0.4, 0.5) is 11.4 Å². The Kier molecular flexibility index (Phi) is 9.99. The molecule has 0 saturated carbocycles. The number of hydrogen-bond donors (Lipinski definition) is 0. The molecule has 0 aromatic heterocycles. The quantitative estimate of drug-likeness (QED) is 0.0981. The average molecular weight is 822 g/mol. The van der Waals surface area contributed by atoms with Gasteiger partial charge in [0.25, 0.3) is 0 Å².